The van der Waals surface area contributed by atoms with E-state index < -0.39 is 0 Å². The highest BCUT2D eigenvalue weighted by atomic mass is 15.2. The predicted octanol–water partition coefficient (Wildman–Crippen LogP) is 6.60. The van der Waals surface area contributed by atoms with Crippen molar-refractivity contribution in [1.29, 1.82) is 0 Å². The van der Waals surface area contributed by atoms with E-state index in [-0.39, 0.29) is 7.43 Å². The van der Waals surface area contributed by atoms with E-state index in [4.69, 9.17) is 0 Å². The lowest BCUT2D eigenvalue weighted by Crippen LogP contribution is -2.44. The summed E-state index contributed by atoms with van der Waals surface area (Å²) in [6.07, 6.45) is 8.99. The zero-order valence-electron chi connectivity index (χ0n) is 16.9. The average molecular weight is 337 g/mol. The first-order chi connectivity index (χ1) is 10.5. The third-order valence-electron chi connectivity index (χ3n) is 3.44. The molecule has 24 heavy (non-hydrogen) atoms. The second-order valence-corrected chi connectivity index (χ2v) is 8.93. The molecule has 142 valence electrons. The van der Waals surface area contributed by atoms with E-state index in [1.54, 1.807) is 6.20 Å². The Morgan fingerprint density at radius 3 is 1.71 bits per heavy atom. The van der Waals surface area contributed by atoms with Gasteiger partial charge in [0.2, 0.25) is 0 Å². The number of pyridine rings is 1. The van der Waals surface area contributed by atoms with Crippen LogP contribution in [0, 0.1) is 5.41 Å². The third kappa shape index (κ3) is 16.0. The highest BCUT2D eigenvalue weighted by Crippen LogP contribution is 2.19. The van der Waals surface area contributed by atoms with E-state index in [2.05, 4.69) is 71.3 Å². The molecule has 1 aromatic heterocycles. The summed E-state index contributed by atoms with van der Waals surface area (Å²) in [5.74, 6) is 0. The molecule has 1 saturated heterocycles. The van der Waals surface area contributed by atoms with Crippen molar-refractivity contribution in [3.05, 3.63) is 30.1 Å². The molecular weight excluding hydrogens is 292 g/mol. The fourth-order valence-corrected chi connectivity index (χ4v) is 2.17. The summed E-state index contributed by atoms with van der Waals surface area (Å²) in [6, 6.07) is 4.03. The van der Waals surface area contributed by atoms with E-state index in [0.29, 0.717) is 11.0 Å². The minimum atomic E-state index is 0. The third-order valence-corrected chi connectivity index (χ3v) is 3.44. The van der Waals surface area contributed by atoms with Crippen LogP contribution in [-0.2, 0) is 6.42 Å². The van der Waals surface area contributed by atoms with Crippen LogP contribution in [-0.4, -0.2) is 28.5 Å². The first-order valence-electron chi connectivity index (χ1n) is 9.18. The van der Waals surface area contributed by atoms with Gasteiger partial charge in [0.1, 0.15) is 0 Å². The quantitative estimate of drug-likeness (QED) is 0.574. The molecule has 2 rings (SSSR count). The average Bonchev–Trinajstić information content (AvgIpc) is 2.47. The van der Waals surface area contributed by atoms with E-state index in [0.717, 1.165) is 6.42 Å². The molecule has 1 fully saturated rings. The van der Waals surface area contributed by atoms with Gasteiger partial charge >= 0.3 is 0 Å². The molecule has 0 saturated carbocycles. The molecule has 0 radical (unpaired) electrons. The number of hydrogen-bond acceptors (Lipinski definition) is 2. The summed E-state index contributed by atoms with van der Waals surface area (Å²) in [7, 11) is 0. The molecule has 1 aliphatic heterocycles. The van der Waals surface area contributed by atoms with Crippen molar-refractivity contribution in [1.82, 2.24) is 9.88 Å². The number of piperidine rings is 1. The Morgan fingerprint density at radius 1 is 0.958 bits per heavy atom. The largest absolute Gasteiger partial charge is 0.298 e. The number of likely N-dealkylation sites (tertiary alicyclic amines) is 1. The maximum Gasteiger partial charge on any atom is 0.0299 e. The first kappa shape index (κ1) is 25.4. The summed E-state index contributed by atoms with van der Waals surface area (Å²) < 4.78 is 0. The Hall–Kier alpha value is -0.890. The van der Waals surface area contributed by atoms with Gasteiger partial charge in [0.05, 0.1) is 0 Å². The molecule has 0 N–H and O–H groups in total. The van der Waals surface area contributed by atoms with Crippen LogP contribution in [0.2, 0.25) is 0 Å². The summed E-state index contributed by atoms with van der Waals surface area (Å²) >= 11 is 0. The molecule has 1 aromatic rings. The lowest BCUT2D eigenvalue weighted by atomic mass is 10.0. The van der Waals surface area contributed by atoms with Crippen LogP contribution in [0.5, 0.6) is 0 Å². The smallest absolute Gasteiger partial charge is 0.0299 e. The zero-order chi connectivity index (χ0) is 17.9. The Morgan fingerprint density at radius 2 is 1.46 bits per heavy atom. The maximum atomic E-state index is 3.96. The maximum absolute atomic E-state index is 3.96. The Balaban J connectivity index is 0. The number of aromatic nitrogens is 1. The first-order valence-corrected chi connectivity index (χ1v) is 9.18. The summed E-state index contributed by atoms with van der Waals surface area (Å²) in [6.45, 7) is 20.4. The topological polar surface area (TPSA) is 16.1 Å². The molecule has 0 bridgehead atoms. The van der Waals surface area contributed by atoms with Gasteiger partial charge in [0.15, 0.2) is 0 Å². The molecule has 2 heteroatoms. The molecular formula is C22H44N2. The molecule has 0 amide bonds. The number of aryl methyl sites for hydroxylation is 1. The molecule has 2 nitrogen and oxygen atoms in total. The van der Waals surface area contributed by atoms with Crippen LogP contribution in [0.4, 0.5) is 0 Å². The van der Waals surface area contributed by atoms with Crippen LogP contribution in [0.25, 0.3) is 0 Å². The van der Waals surface area contributed by atoms with Crippen molar-refractivity contribution < 1.29 is 0 Å². The summed E-state index contributed by atoms with van der Waals surface area (Å²) in [5, 5.41) is 0. The zero-order valence-corrected chi connectivity index (χ0v) is 16.9. The molecule has 0 unspecified atom stereocenters. The lowest BCUT2D eigenvalue weighted by molar-refractivity contribution is 0.111. The van der Waals surface area contributed by atoms with Crippen molar-refractivity contribution in [2.75, 3.05) is 13.1 Å². The Bertz CT molecular complexity index is 373. The van der Waals surface area contributed by atoms with Gasteiger partial charge in [-0.1, -0.05) is 54.5 Å². The SMILES string of the molecule is C.CC(C)(C)C.CC(C)(C)N1CCCCC1.CCc1cccnc1. The molecule has 0 atom stereocenters. The van der Waals surface area contributed by atoms with Gasteiger partial charge in [-0.25, -0.2) is 0 Å². The molecule has 0 spiro atoms. The molecule has 1 aliphatic rings. The second kappa shape index (κ2) is 12.5. The van der Waals surface area contributed by atoms with E-state index in [9.17, 15) is 0 Å². The number of rotatable bonds is 1. The van der Waals surface area contributed by atoms with Gasteiger partial charge in [-0.3, -0.25) is 9.88 Å². The van der Waals surface area contributed by atoms with Gasteiger partial charge in [0, 0.05) is 17.9 Å². The van der Waals surface area contributed by atoms with E-state index in [1.165, 1.54) is 37.9 Å². The monoisotopic (exact) mass is 336 g/mol. The van der Waals surface area contributed by atoms with Crippen LogP contribution in [0.3, 0.4) is 0 Å². The molecule has 2 heterocycles. The van der Waals surface area contributed by atoms with E-state index in [1.807, 2.05) is 12.3 Å². The van der Waals surface area contributed by atoms with Gasteiger partial charge in [0.25, 0.3) is 0 Å². The van der Waals surface area contributed by atoms with Gasteiger partial charge < -0.3 is 0 Å². The van der Waals surface area contributed by atoms with Crippen LogP contribution < -0.4 is 0 Å². The Kier molecular flexibility index (Phi) is 13.2. The summed E-state index contributed by atoms with van der Waals surface area (Å²) in [4.78, 5) is 6.54. The van der Waals surface area contributed by atoms with Gasteiger partial charge in [-0.2, -0.15) is 0 Å². The highest BCUT2D eigenvalue weighted by Gasteiger charge is 2.21. The number of nitrogens with zero attached hydrogens (tertiary/aromatic N) is 2. The van der Waals surface area contributed by atoms with Crippen LogP contribution >= 0.6 is 0 Å². The van der Waals surface area contributed by atoms with Crippen molar-refractivity contribution in [3.63, 3.8) is 0 Å². The second-order valence-electron chi connectivity index (χ2n) is 8.93. The van der Waals surface area contributed by atoms with Crippen LogP contribution in [0.15, 0.2) is 24.5 Å². The van der Waals surface area contributed by atoms with Gasteiger partial charge in [-0.05, 0) is 70.2 Å². The minimum absolute atomic E-state index is 0. The fraction of sp³-hybridized carbons (Fsp3) is 0.773. The highest BCUT2D eigenvalue weighted by molar-refractivity contribution is 5.07. The Labute approximate surface area is 153 Å². The number of hydrogen-bond donors (Lipinski definition) is 0. The van der Waals surface area contributed by atoms with Crippen LogP contribution in [0.1, 0.15) is 87.6 Å². The minimum Gasteiger partial charge on any atom is -0.298 e. The standard InChI is InChI=1S/C9H19N.C7H9N.C5H12.CH4/c1-9(2,3)10-7-5-4-6-8-10;1-2-7-4-3-5-8-6-7;1-5(2,3)4;/h4-8H2,1-3H3;3-6H,2H2,1H3;1-4H3;1H4. The lowest BCUT2D eigenvalue weighted by Gasteiger charge is -2.38. The molecule has 0 aliphatic carbocycles. The predicted molar refractivity (Wildman–Crippen MR) is 111 cm³/mol. The fourth-order valence-electron chi connectivity index (χ4n) is 2.17. The van der Waals surface area contributed by atoms with Gasteiger partial charge in [-0.15, -0.1) is 0 Å². The molecule has 0 aromatic carbocycles. The van der Waals surface area contributed by atoms with Crippen molar-refractivity contribution >= 4 is 0 Å². The normalized spacial score (nSPS) is 15.2. The van der Waals surface area contributed by atoms with E-state index >= 15 is 0 Å². The van der Waals surface area contributed by atoms with Crippen molar-refractivity contribution in [2.45, 2.75) is 94.0 Å². The van der Waals surface area contributed by atoms with Crippen molar-refractivity contribution in [2.24, 2.45) is 5.41 Å². The summed E-state index contributed by atoms with van der Waals surface area (Å²) in [5.41, 5.74) is 2.20. The van der Waals surface area contributed by atoms with Crippen molar-refractivity contribution in [3.8, 4) is 0 Å².